The highest BCUT2D eigenvalue weighted by Crippen LogP contribution is 2.46. The Balaban J connectivity index is 1.81. The van der Waals surface area contributed by atoms with Crippen molar-refractivity contribution in [2.24, 2.45) is 0 Å². The Labute approximate surface area is 138 Å². The molecule has 1 amide bonds. The number of nitrogens with zero attached hydrogens (tertiary/aromatic N) is 1. The third-order valence-electron chi connectivity index (χ3n) is 3.16. The fourth-order valence-electron chi connectivity index (χ4n) is 2.21. The average molecular weight is 361 g/mol. The smallest absolute Gasteiger partial charge is 0.368 e. The molecule has 2 atom stereocenters. The molecule has 0 saturated carbocycles. The van der Waals surface area contributed by atoms with Crippen molar-refractivity contribution >= 4 is 35.4 Å². The van der Waals surface area contributed by atoms with Crippen LogP contribution in [0, 0.1) is 0 Å². The van der Waals surface area contributed by atoms with Crippen molar-refractivity contribution in [3.8, 4) is 0 Å². The summed E-state index contributed by atoms with van der Waals surface area (Å²) in [5, 5.41) is -0.329. The molecular formula is C14H10F3NO3S2. The Morgan fingerprint density at radius 2 is 2.00 bits per heavy atom. The first-order valence-electron chi connectivity index (χ1n) is 6.54. The quantitative estimate of drug-likeness (QED) is 0.610. The lowest BCUT2D eigenvalue weighted by Gasteiger charge is -2.44. The summed E-state index contributed by atoms with van der Waals surface area (Å²) in [6.45, 7) is 0. The highest BCUT2D eigenvalue weighted by atomic mass is 32.2. The van der Waals surface area contributed by atoms with Gasteiger partial charge in [-0.15, -0.1) is 36.7 Å². The Morgan fingerprint density at radius 3 is 2.61 bits per heavy atom. The molecule has 1 aromatic carbocycles. The van der Waals surface area contributed by atoms with Crippen molar-refractivity contribution < 1.29 is 27.5 Å². The standard InChI is InChI=1S/C14H10F3NO3S2/c15-14(16,17)21-13(20)9-6-12(22-8-4-2-1-3-5-8)23-11-7-10(19)18(9)11/h1-6,11-12H,7H2/t11-,12?/m1/s1. The Bertz CT molecular complexity index is 663. The van der Waals surface area contributed by atoms with Crippen molar-refractivity contribution in [3.05, 3.63) is 42.1 Å². The van der Waals surface area contributed by atoms with Crippen molar-refractivity contribution in [1.29, 1.82) is 0 Å². The van der Waals surface area contributed by atoms with Gasteiger partial charge in [0.15, 0.2) is 0 Å². The third kappa shape index (κ3) is 3.66. The number of ether oxygens (including phenoxy) is 1. The van der Waals surface area contributed by atoms with E-state index in [9.17, 15) is 22.8 Å². The van der Waals surface area contributed by atoms with Gasteiger partial charge in [0.05, 0.1) is 16.4 Å². The van der Waals surface area contributed by atoms with E-state index in [1.807, 2.05) is 30.3 Å². The number of hydrogen-bond donors (Lipinski definition) is 0. The van der Waals surface area contributed by atoms with Gasteiger partial charge in [-0.3, -0.25) is 9.69 Å². The van der Waals surface area contributed by atoms with Crippen molar-refractivity contribution in [3.63, 3.8) is 0 Å². The first kappa shape index (κ1) is 16.3. The number of rotatable bonds is 3. The van der Waals surface area contributed by atoms with Gasteiger partial charge >= 0.3 is 12.3 Å². The second kappa shape index (κ2) is 6.12. The van der Waals surface area contributed by atoms with Crippen molar-refractivity contribution in [1.82, 2.24) is 4.90 Å². The number of halogens is 3. The molecule has 4 nitrogen and oxygen atoms in total. The van der Waals surface area contributed by atoms with Crippen LogP contribution in [0.25, 0.3) is 0 Å². The zero-order valence-corrected chi connectivity index (χ0v) is 13.1. The number of alkyl halides is 3. The molecular weight excluding hydrogens is 351 g/mol. The fourth-order valence-corrected chi connectivity index (χ4v) is 5.04. The third-order valence-corrected chi connectivity index (χ3v) is 5.79. The fraction of sp³-hybridized carbons (Fsp3) is 0.286. The van der Waals surface area contributed by atoms with E-state index in [0.29, 0.717) is 0 Å². The largest absolute Gasteiger partial charge is 0.575 e. The molecule has 0 radical (unpaired) electrons. The van der Waals surface area contributed by atoms with Crippen LogP contribution >= 0.6 is 23.5 Å². The molecule has 0 aliphatic carbocycles. The number of hydrogen-bond acceptors (Lipinski definition) is 5. The van der Waals surface area contributed by atoms with E-state index < -0.39 is 12.3 Å². The molecule has 0 spiro atoms. The van der Waals surface area contributed by atoms with Crippen LogP contribution in [0.1, 0.15) is 6.42 Å². The predicted molar refractivity (Wildman–Crippen MR) is 79.2 cm³/mol. The molecule has 1 saturated heterocycles. The number of carbonyl (C=O) groups is 2. The molecule has 23 heavy (non-hydrogen) atoms. The second-order valence-corrected chi connectivity index (χ2v) is 7.58. The second-order valence-electron chi connectivity index (χ2n) is 4.75. The number of amides is 1. The van der Waals surface area contributed by atoms with Crippen LogP contribution in [0.15, 0.2) is 47.0 Å². The van der Waals surface area contributed by atoms with Crippen LogP contribution in [-0.4, -0.2) is 33.1 Å². The van der Waals surface area contributed by atoms with E-state index in [4.69, 9.17) is 0 Å². The topological polar surface area (TPSA) is 46.6 Å². The summed E-state index contributed by atoms with van der Waals surface area (Å²) in [5.74, 6) is -1.93. The number of β-lactam (4-membered cyclic amide) rings is 1. The molecule has 2 aliphatic rings. The Kier molecular flexibility index (Phi) is 4.33. The normalized spacial score (nSPS) is 23.7. The lowest BCUT2D eigenvalue weighted by Crippen LogP contribution is -2.54. The van der Waals surface area contributed by atoms with Gasteiger partial charge in [-0.25, -0.2) is 4.79 Å². The summed E-state index contributed by atoms with van der Waals surface area (Å²) in [6, 6.07) is 9.28. The number of fused-ring (bicyclic) bond motifs is 1. The SMILES string of the molecule is O=C(OC(F)(F)F)C1=CC(Sc2ccccc2)S[C@@H]2CC(=O)N12. The van der Waals surface area contributed by atoms with Crippen LogP contribution in [0.5, 0.6) is 0 Å². The van der Waals surface area contributed by atoms with Crippen LogP contribution < -0.4 is 0 Å². The average Bonchev–Trinajstić information content (AvgIpc) is 2.45. The molecule has 0 N–H and O–H groups in total. The summed E-state index contributed by atoms with van der Waals surface area (Å²) in [5.41, 5.74) is -0.337. The highest BCUT2D eigenvalue weighted by Gasteiger charge is 2.48. The zero-order chi connectivity index (χ0) is 16.6. The Morgan fingerprint density at radius 1 is 1.30 bits per heavy atom. The number of benzene rings is 1. The maximum Gasteiger partial charge on any atom is 0.575 e. The van der Waals surface area contributed by atoms with E-state index in [1.165, 1.54) is 29.6 Å². The molecule has 3 rings (SSSR count). The molecule has 1 fully saturated rings. The van der Waals surface area contributed by atoms with Crippen molar-refractivity contribution in [2.75, 3.05) is 0 Å². The minimum absolute atomic E-state index is 0.202. The van der Waals surface area contributed by atoms with Gasteiger partial charge in [0.25, 0.3) is 0 Å². The lowest BCUT2D eigenvalue weighted by atomic mass is 10.1. The monoisotopic (exact) mass is 361 g/mol. The van der Waals surface area contributed by atoms with E-state index >= 15 is 0 Å². The van der Waals surface area contributed by atoms with Crippen LogP contribution in [-0.2, 0) is 14.3 Å². The molecule has 1 aromatic rings. The molecule has 2 heterocycles. The minimum Gasteiger partial charge on any atom is -0.368 e. The lowest BCUT2D eigenvalue weighted by molar-refractivity contribution is -0.304. The molecule has 9 heteroatoms. The first-order chi connectivity index (χ1) is 10.8. The number of esters is 1. The van der Waals surface area contributed by atoms with Crippen LogP contribution in [0.4, 0.5) is 13.2 Å². The molecule has 0 aromatic heterocycles. The van der Waals surface area contributed by atoms with E-state index in [0.717, 1.165) is 9.80 Å². The summed E-state index contributed by atoms with van der Waals surface area (Å²) >= 11 is 2.83. The first-order valence-corrected chi connectivity index (χ1v) is 8.37. The van der Waals surface area contributed by atoms with Crippen LogP contribution in [0.3, 0.4) is 0 Å². The molecule has 122 valence electrons. The number of carbonyl (C=O) groups excluding carboxylic acids is 2. The zero-order valence-electron chi connectivity index (χ0n) is 11.4. The van der Waals surface area contributed by atoms with Gasteiger partial charge in [-0.05, 0) is 18.2 Å². The van der Waals surface area contributed by atoms with E-state index in [2.05, 4.69) is 4.74 Å². The Hall–Kier alpha value is -1.61. The van der Waals surface area contributed by atoms with Crippen molar-refractivity contribution in [2.45, 2.75) is 27.6 Å². The van der Waals surface area contributed by atoms with Gasteiger partial charge < -0.3 is 4.74 Å². The van der Waals surface area contributed by atoms with Gasteiger partial charge in [-0.1, -0.05) is 18.2 Å². The maximum atomic E-state index is 12.3. The van der Waals surface area contributed by atoms with E-state index in [1.54, 1.807) is 0 Å². The van der Waals surface area contributed by atoms with Gasteiger partial charge in [0, 0.05) is 4.90 Å². The highest BCUT2D eigenvalue weighted by molar-refractivity contribution is 8.17. The van der Waals surface area contributed by atoms with Crippen LogP contribution in [0.2, 0.25) is 0 Å². The summed E-state index contributed by atoms with van der Waals surface area (Å²) in [7, 11) is 0. The molecule has 0 bridgehead atoms. The van der Waals surface area contributed by atoms with Gasteiger partial charge in [0.2, 0.25) is 5.91 Å². The number of thioether (sulfide) groups is 2. The van der Waals surface area contributed by atoms with Gasteiger partial charge in [-0.2, -0.15) is 0 Å². The molecule has 2 aliphatic heterocycles. The van der Waals surface area contributed by atoms with Gasteiger partial charge in [0.1, 0.15) is 5.70 Å². The summed E-state index contributed by atoms with van der Waals surface area (Å²) < 4.78 is 40.0. The minimum atomic E-state index is -5.08. The summed E-state index contributed by atoms with van der Waals surface area (Å²) in [4.78, 5) is 25.3. The molecule has 1 unspecified atom stereocenters. The van der Waals surface area contributed by atoms with E-state index in [-0.39, 0.29) is 28.0 Å². The predicted octanol–water partition coefficient (Wildman–Crippen LogP) is 3.36. The summed E-state index contributed by atoms with van der Waals surface area (Å²) in [6.07, 6.45) is -3.52. The maximum absolute atomic E-state index is 12.3.